The Morgan fingerprint density at radius 2 is 2.19 bits per heavy atom. The standard InChI is InChI=1S/C19H22N4O2S2/c1-3-25-14(24)9-26-19-22-21-17-15-12-7-4-10(2)8-13(12)27-18(15)20-16(23(17)19)11-5-6-11/h10-11H,3-9H2,1-2H3/t10-/m0/s1. The number of carbonyl (C=O) groups is 1. The predicted octanol–water partition coefficient (Wildman–Crippen LogP) is 4.00. The van der Waals surface area contributed by atoms with Crippen molar-refractivity contribution in [2.24, 2.45) is 5.92 Å². The van der Waals surface area contributed by atoms with Crippen LogP contribution in [0.2, 0.25) is 0 Å². The minimum atomic E-state index is -0.219. The number of esters is 1. The van der Waals surface area contributed by atoms with Gasteiger partial charge in [-0.1, -0.05) is 18.7 Å². The van der Waals surface area contributed by atoms with Crippen LogP contribution < -0.4 is 0 Å². The summed E-state index contributed by atoms with van der Waals surface area (Å²) < 4.78 is 7.16. The maximum atomic E-state index is 11.8. The minimum Gasteiger partial charge on any atom is -0.465 e. The molecule has 3 heterocycles. The molecule has 1 fully saturated rings. The molecule has 2 aliphatic carbocycles. The highest BCUT2D eigenvalue weighted by Crippen LogP contribution is 2.44. The highest BCUT2D eigenvalue weighted by Gasteiger charge is 2.32. The van der Waals surface area contributed by atoms with Gasteiger partial charge in [-0.3, -0.25) is 9.20 Å². The Bertz CT molecular complexity index is 1040. The van der Waals surface area contributed by atoms with E-state index in [2.05, 4.69) is 21.5 Å². The lowest BCUT2D eigenvalue weighted by Crippen LogP contribution is -2.09. The molecule has 0 bridgehead atoms. The first-order valence-corrected chi connectivity index (χ1v) is 11.4. The molecule has 6 nitrogen and oxygen atoms in total. The lowest BCUT2D eigenvalue weighted by Gasteiger charge is -2.17. The predicted molar refractivity (Wildman–Crippen MR) is 107 cm³/mol. The second-order valence-corrected chi connectivity index (χ2v) is 9.54. The highest BCUT2D eigenvalue weighted by molar-refractivity contribution is 7.99. The number of thioether (sulfide) groups is 1. The second-order valence-electron chi connectivity index (χ2n) is 7.51. The fourth-order valence-corrected chi connectivity index (χ4v) is 6.00. The maximum Gasteiger partial charge on any atom is 0.316 e. The number of hydrogen-bond acceptors (Lipinski definition) is 7. The SMILES string of the molecule is CCOC(=O)CSc1nnc2c3c4c(sc3nc(C3CC3)n12)C[C@@H](C)CC4. The van der Waals surface area contributed by atoms with E-state index in [0.717, 1.165) is 53.1 Å². The molecule has 0 unspecified atom stereocenters. The zero-order chi connectivity index (χ0) is 18.5. The summed E-state index contributed by atoms with van der Waals surface area (Å²) in [6.45, 7) is 4.55. The third kappa shape index (κ3) is 3.02. The quantitative estimate of drug-likeness (QED) is 0.475. The molecule has 0 aromatic carbocycles. The third-order valence-corrected chi connectivity index (χ3v) is 7.41. The Balaban J connectivity index is 1.63. The Morgan fingerprint density at radius 1 is 1.33 bits per heavy atom. The van der Waals surface area contributed by atoms with Crippen molar-refractivity contribution in [3.05, 3.63) is 16.3 Å². The van der Waals surface area contributed by atoms with E-state index in [0.29, 0.717) is 12.5 Å². The van der Waals surface area contributed by atoms with Gasteiger partial charge in [-0.15, -0.1) is 21.5 Å². The number of thiophene rings is 1. The van der Waals surface area contributed by atoms with Gasteiger partial charge in [0, 0.05) is 10.8 Å². The molecule has 0 amide bonds. The molecule has 3 aromatic rings. The van der Waals surface area contributed by atoms with Crippen molar-refractivity contribution in [2.45, 2.75) is 57.0 Å². The van der Waals surface area contributed by atoms with Gasteiger partial charge in [0.25, 0.3) is 0 Å². The topological polar surface area (TPSA) is 69.4 Å². The minimum absolute atomic E-state index is 0.219. The smallest absolute Gasteiger partial charge is 0.316 e. The van der Waals surface area contributed by atoms with Crippen molar-refractivity contribution in [2.75, 3.05) is 12.4 Å². The van der Waals surface area contributed by atoms with E-state index in [1.165, 1.54) is 34.0 Å². The van der Waals surface area contributed by atoms with E-state index in [-0.39, 0.29) is 11.7 Å². The second kappa shape index (κ2) is 6.74. The number of rotatable bonds is 5. The number of hydrogen-bond donors (Lipinski definition) is 0. The number of ether oxygens (including phenoxy) is 1. The number of carbonyl (C=O) groups excluding carboxylic acids is 1. The van der Waals surface area contributed by atoms with E-state index in [1.807, 2.05) is 18.3 Å². The van der Waals surface area contributed by atoms with Crippen LogP contribution in [0.25, 0.3) is 15.9 Å². The first-order chi connectivity index (χ1) is 13.2. The van der Waals surface area contributed by atoms with E-state index in [1.54, 1.807) is 0 Å². The molecule has 27 heavy (non-hydrogen) atoms. The van der Waals surface area contributed by atoms with Crippen LogP contribution in [0.4, 0.5) is 0 Å². The Kier molecular flexibility index (Phi) is 4.35. The summed E-state index contributed by atoms with van der Waals surface area (Å²) in [6.07, 6.45) is 5.77. The average molecular weight is 403 g/mol. The number of nitrogens with zero attached hydrogens (tertiary/aromatic N) is 4. The van der Waals surface area contributed by atoms with Crippen molar-refractivity contribution in [1.82, 2.24) is 19.6 Å². The van der Waals surface area contributed by atoms with Crippen LogP contribution in [0.1, 0.15) is 55.3 Å². The molecule has 0 radical (unpaired) electrons. The summed E-state index contributed by atoms with van der Waals surface area (Å²) in [6, 6.07) is 0. The molecule has 5 rings (SSSR count). The van der Waals surface area contributed by atoms with Crippen molar-refractivity contribution >= 4 is 44.9 Å². The molecule has 0 saturated heterocycles. The summed E-state index contributed by atoms with van der Waals surface area (Å²) >= 11 is 3.23. The lowest BCUT2D eigenvalue weighted by molar-refractivity contribution is -0.139. The van der Waals surface area contributed by atoms with Crippen molar-refractivity contribution < 1.29 is 9.53 Å². The van der Waals surface area contributed by atoms with Crippen molar-refractivity contribution in [1.29, 1.82) is 0 Å². The molecule has 1 saturated carbocycles. The zero-order valence-electron chi connectivity index (χ0n) is 15.5. The molecule has 0 aliphatic heterocycles. The highest BCUT2D eigenvalue weighted by atomic mass is 32.2. The van der Waals surface area contributed by atoms with Crippen LogP contribution in [0, 0.1) is 5.92 Å². The van der Waals surface area contributed by atoms with Gasteiger partial charge in [0.2, 0.25) is 0 Å². The van der Waals surface area contributed by atoms with Crippen LogP contribution in [-0.2, 0) is 22.4 Å². The first-order valence-electron chi connectivity index (χ1n) is 9.63. The summed E-state index contributed by atoms with van der Waals surface area (Å²) in [4.78, 5) is 19.4. The van der Waals surface area contributed by atoms with Gasteiger partial charge in [-0.05, 0) is 50.5 Å². The molecule has 2 aliphatic rings. The van der Waals surface area contributed by atoms with E-state index in [9.17, 15) is 4.79 Å². The maximum absolute atomic E-state index is 11.8. The molecule has 0 spiro atoms. The van der Waals surface area contributed by atoms with E-state index >= 15 is 0 Å². The average Bonchev–Trinajstić information content (AvgIpc) is 3.30. The lowest BCUT2D eigenvalue weighted by atomic mass is 9.89. The van der Waals surface area contributed by atoms with E-state index < -0.39 is 0 Å². The Hall–Kier alpha value is -1.67. The Labute approximate surface area is 165 Å². The van der Waals surface area contributed by atoms with Gasteiger partial charge >= 0.3 is 5.97 Å². The summed E-state index contributed by atoms with van der Waals surface area (Å²) in [5.74, 6) is 2.30. The zero-order valence-corrected chi connectivity index (χ0v) is 17.2. The van der Waals surface area contributed by atoms with Gasteiger partial charge in [-0.2, -0.15) is 0 Å². The fourth-order valence-electron chi connectivity index (χ4n) is 3.87. The van der Waals surface area contributed by atoms with Crippen LogP contribution >= 0.6 is 23.1 Å². The molecular weight excluding hydrogens is 380 g/mol. The van der Waals surface area contributed by atoms with Crippen LogP contribution in [-0.4, -0.2) is 37.9 Å². The molecule has 8 heteroatoms. The first kappa shape index (κ1) is 17.4. The number of aryl methyl sites for hydroxylation is 1. The van der Waals surface area contributed by atoms with Gasteiger partial charge in [0.15, 0.2) is 10.8 Å². The monoisotopic (exact) mass is 402 g/mol. The summed E-state index contributed by atoms with van der Waals surface area (Å²) in [7, 11) is 0. The van der Waals surface area contributed by atoms with Gasteiger partial charge in [0.1, 0.15) is 10.7 Å². The van der Waals surface area contributed by atoms with Gasteiger partial charge in [0.05, 0.1) is 17.7 Å². The molecule has 1 atom stereocenters. The Morgan fingerprint density at radius 3 is 2.96 bits per heavy atom. The van der Waals surface area contributed by atoms with Gasteiger partial charge < -0.3 is 4.74 Å². The third-order valence-electron chi connectivity index (χ3n) is 5.36. The largest absolute Gasteiger partial charge is 0.465 e. The van der Waals surface area contributed by atoms with Crippen molar-refractivity contribution in [3.8, 4) is 0 Å². The van der Waals surface area contributed by atoms with Gasteiger partial charge in [-0.25, -0.2) is 4.98 Å². The fraction of sp³-hybridized carbons (Fsp3) is 0.579. The van der Waals surface area contributed by atoms with Crippen LogP contribution in [0.5, 0.6) is 0 Å². The van der Waals surface area contributed by atoms with Crippen molar-refractivity contribution in [3.63, 3.8) is 0 Å². The molecule has 142 valence electrons. The molecule has 3 aromatic heterocycles. The van der Waals surface area contributed by atoms with Crippen LogP contribution in [0.15, 0.2) is 5.16 Å². The van der Waals surface area contributed by atoms with E-state index in [4.69, 9.17) is 9.72 Å². The normalized spacial score (nSPS) is 19.6. The molecular formula is C19H22N4O2S2. The summed E-state index contributed by atoms with van der Waals surface area (Å²) in [5, 5.41) is 10.9. The number of aromatic nitrogens is 4. The number of fused-ring (bicyclic) bond motifs is 5. The van der Waals surface area contributed by atoms with Crippen LogP contribution in [0.3, 0.4) is 0 Å². The summed E-state index contributed by atoms with van der Waals surface area (Å²) in [5.41, 5.74) is 2.34. The molecule has 0 N–H and O–H groups in total.